The number of carbonyl (C=O) groups is 1. The van der Waals surface area contributed by atoms with Crippen molar-refractivity contribution < 1.29 is 4.79 Å². The largest absolute Gasteiger partial charge is 0.281 e. The first kappa shape index (κ1) is 14.6. The number of rotatable bonds is 3. The van der Waals surface area contributed by atoms with Crippen molar-refractivity contribution in [2.45, 2.75) is 13.0 Å². The third-order valence-electron chi connectivity index (χ3n) is 3.35. The van der Waals surface area contributed by atoms with Crippen LogP contribution in [-0.4, -0.2) is 17.7 Å². The van der Waals surface area contributed by atoms with E-state index in [9.17, 15) is 10.1 Å². The van der Waals surface area contributed by atoms with E-state index < -0.39 is 6.04 Å². The van der Waals surface area contributed by atoms with Gasteiger partial charge in [-0.25, -0.2) is 0 Å². The Bertz CT molecular complexity index is 818. The van der Waals surface area contributed by atoms with Crippen LogP contribution in [0.5, 0.6) is 0 Å². The second-order valence-corrected chi connectivity index (χ2v) is 5.04. The molecule has 1 aliphatic rings. The number of hydrogen-bond acceptors (Lipinski definition) is 5. The van der Waals surface area contributed by atoms with E-state index in [2.05, 4.69) is 15.3 Å². The molecule has 2 aromatic carbocycles. The molecule has 0 radical (unpaired) electrons. The standard InChI is InChI=1S/C17H13N5O/c1-12-7-9-13(10-8-12)19-20-16-15(11-18)21-22(17(16)23)14-5-3-2-4-6-14/h2-10,16H,1H3. The highest BCUT2D eigenvalue weighted by molar-refractivity contribution is 6.24. The van der Waals surface area contributed by atoms with Crippen molar-refractivity contribution in [2.75, 3.05) is 5.01 Å². The van der Waals surface area contributed by atoms with E-state index in [-0.39, 0.29) is 11.6 Å². The molecule has 0 aliphatic carbocycles. The van der Waals surface area contributed by atoms with Gasteiger partial charge in [-0.15, -0.1) is 0 Å². The van der Waals surface area contributed by atoms with Crippen molar-refractivity contribution in [1.29, 1.82) is 5.26 Å². The van der Waals surface area contributed by atoms with E-state index in [1.807, 2.05) is 31.2 Å². The van der Waals surface area contributed by atoms with Gasteiger partial charge in [-0.1, -0.05) is 35.9 Å². The fourth-order valence-corrected chi connectivity index (χ4v) is 2.12. The Morgan fingerprint density at radius 1 is 1.13 bits per heavy atom. The summed E-state index contributed by atoms with van der Waals surface area (Å²) in [6, 6.07) is 17.3. The quantitative estimate of drug-likeness (QED) is 0.814. The maximum Gasteiger partial charge on any atom is 0.281 e. The summed E-state index contributed by atoms with van der Waals surface area (Å²) in [6.07, 6.45) is 0. The molecule has 0 spiro atoms. The summed E-state index contributed by atoms with van der Waals surface area (Å²) >= 11 is 0. The Morgan fingerprint density at radius 3 is 2.48 bits per heavy atom. The van der Waals surface area contributed by atoms with Crippen molar-refractivity contribution in [1.82, 2.24) is 0 Å². The molecular formula is C17H13N5O. The van der Waals surface area contributed by atoms with Crippen molar-refractivity contribution >= 4 is 23.0 Å². The maximum absolute atomic E-state index is 12.5. The predicted octanol–water partition coefficient (Wildman–Crippen LogP) is 3.37. The highest BCUT2D eigenvalue weighted by Crippen LogP contribution is 2.23. The number of nitrogens with zero attached hydrogens (tertiary/aromatic N) is 5. The van der Waals surface area contributed by atoms with Crippen LogP contribution in [0.25, 0.3) is 0 Å². The van der Waals surface area contributed by atoms with E-state index in [4.69, 9.17) is 0 Å². The number of nitriles is 1. The van der Waals surface area contributed by atoms with Crippen LogP contribution in [0.15, 0.2) is 69.9 Å². The van der Waals surface area contributed by atoms with Crippen LogP contribution in [-0.2, 0) is 4.79 Å². The zero-order valence-corrected chi connectivity index (χ0v) is 12.4. The van der Waals surface area contributed by atoms with Gasteiger partial charge in [0.05, 0.1) is 11.4 Å². The number of benzene rings is 2. The van der Waals surface area contributed by atoms with E-state index in [1.54, 1.807) is 36.4 Å². The van der Waals surface area contributed by atoms with E-state index in [0.29, 0.717) is 11.4 Å². The van der Waals surface area contributed by atoms with Crippen molar-refractivity contribution in [3.05, 3.63) is 60.2 Å². The van der Waals surface area contributed by atoms with Crippen LogP contribution in [0.1, 0.15) is 5.56 Å². The number of aryl methyl sites for hydroxylation is 1. The molecule has 0 aromatic heterocycles. The summed E-state index contributed by atoms with van der Waals surface area (Å²) in [5.74, 6) is -0.386. The van der Waals surface area contributed by atoms with Crippen molar-refractivity contribution in [2.24, 2.45) is 15.3 Å². The van der Waals surface area contributed by atoms with Gasteiger partial charge >= 0.3 is 0 Å². The summed E-state index contributed by atoms with van der Waals surface area (Å²) < 4.78 is 0. The van der Waals surface area contributed by atoms with Gasteiger partial charge in [0.1, 0.15) is 6.07 Å². The van der Waals surface area contributed by atoms with Crippen LogP contribution in [0.4, 0.5) is 11.4 Å². The minimum Gasteiger partial charge on any atom is -0.269 e. The van der Waals surface area contributed by atoms with Gasteiger partial charge in [0.25, 0.3) is 5.91 Å². The Balaban J connectivity index is 1.85. The normalized spacial score (nSPS) is 17.4. The highest BCUT2D eigenvalue weighted by atomic mass is 16.2. The lowest BCUT2D eigenvalue weighted by Crippen LogP contribution is -2.30. The van der Waals surface area contributed by atoms with Gasteiger partial charge in [0, 0.05) is 0 Å². The SMILES string of the molecule is Cc1ccc(N=NC2C(=O)N(c3ccccc3)N=C2C#N)cc1. The Hall–Kier alpha value is -3.33. The Labute approximate surface area is 133 Å². The molecule has 0 saturated carbocycles. The van der Waals surface area contributed by atoms with Gasteiger partial charge in [-0.3, -0.25) is 4.79 Å². The molecule has 1 amide bonds. The first-order valence-electron chi connectivity index (χ1n) is 7.04. The number of para-hydroxylation sites is 1. The molecule has 0 bridgehead atoms. The minimum atomic E-state index is -0.999. The van der Waals surface area contributed by atoms with Crippen LogP contribution < -0.4 is 5.01 Å². The zero-order valence-electron chi connectivity index (χ0n) is 12.4. The number of carbonyl (C=O) groups excluding carboxylic acids is 1. The monoisotopic (exact) mass is 303 g/mol. The van der Waals surface area contributed by atoms with E-state index >= 15 is 0 Å². The summed E-state index contributed by atoms with van der Waals surface area (Å²) in [6.45, 7) is 1.97. The molecule has 112 valence electrons. The third-order valence-corrected chi connectivity index (χ3v) is 3.35. The van der Waals surface area contributed by atoms with E-state index in [0.717, 1.165) is 5.56 Å². The predicted molar refractivity (Wildman–Crippen MR) is 86.5 cm³/mol. The average molecular weight is 303 g/mol. The molecule has 3 rings (SSSR count). The molecule has 6 heteroatoms. The van der Waals surface area contributed by atoms with Crippen LogP contribution in [0, 0.1) is 18.3 Å². The van der Waals surface area contributed by atoms with Crippen molar-refractivity contribution in [3.8, 4) is 6.07 Å². The highest BCUT2D eigenvalue weighted by Gasteiger charge is 2.37. The lowest BCUT2D eigenvalue weighted by molar-refractivity contribution is -0.117. The molecule has 0 saturated heterocycles. The molecule has 2 aromatic rings. The molecule has 6 nitrogen and oxygen atoms in total. The van der Waals surface area contributed by atoms with Gasteiger partial charge < -0.3 is 0 Å². The van der Waals surface area contributed by atoms with Crippen molar-refractivity contribution in [3.63, 3.8) is 0 Å². The zero-order chi connectivity index (χ0) is 16.2. The molecule has 1 unspecified atom stereocenters. The average Bonchev–Trinajstić information content (AvgIpc) is 2.91. The fourth-order valence-electron chi connectivity index (χ4n) is 2.12. The van der Waals surface area contributed by atoms with Crippen LogP contribution >= 0.6 is 0 Å². The minimum absolute atomic E-state index is 0.0368. The number of azo groups is 1. The first-order valence-corrected chi connectivity index (χ1v) is 7.04. The lowest BCUT2D eigenvalue weighted by atomic mass is 10.2. The van der Waals surface area contributed by atoms with Gasteiger partial charge in [-0.2, -0.15) is 25.6 Å². The second-order valence-electron chi connectivity index (χ2n) is 5.04. The number of anilines is 1. The van der Waals surface area contributed by atoms with Crippen LogP contribution in [0.2, 0.25) is 0 Å². The summed E-state index contributed by atoms with van der Waals surface area (Å²) in [7, 11) is 0. The molecule has 1 heterocycles. The summed E-state index contributed by atoms with van der Waals surface area (Å²) in [5, 5.41) is 22.5. The Kier molecular flexibility index (Phi) is 3.93. The maximum atomic E-state index is 12.5. The number of hydrogen-bond donors (Lipinski definition) is 0. The van der Waals surface area contributed by atoms with Gasteiger partial charge in [0.15, 0.2) is 5.71 Å². The molecule has 0 N–H and O–H groups in total. The van der Waals surface area contributed by atoms with E-state index in [1.165, 1.54) is 5.01 Å². The smallest absolute Gasteiger partial charge is 0.269 e. The lowest BCUT2D eigenvalue weighted by Gasteiger charge is -2.11. The summed E-state index contributed by atoms with van der Waals surface area (Å²) in [4.78, 5) is 12.5. The Morgan fingerprint density at radius 2 is 1.83 bits per heavy atom. The van der Waals surface area contributed by atoms with Gasteiger partial charge in [-0.05, 0) is 31.2 Å². The summed E-state index contributed by atoms with van der Waals surface area (Å²) in [5.41, 5.74) is 2.36. The molecule has 1 atom stereocenters. The first-order chi connectivity index (χ1) is 11.2. The molecular weight excluding hydrogens is 290 g/mol. The second kappa shape index (κ2) is 6.20. The number of hydrazone groups is 1. The fraction of sp³-hybridized carbons (Fsp3) is 0.118. The molecule has 23 heavy (non-hydrogen) atoms. The van der Waals surface area contributed by atoms with Gasteiger partial charge in [0.2, 0.25) is 6.04 Å². The topological polar surface area (TPSA) is 81.2 Å². The third kappa shape index (κ3) is 2.99. The van der Waals surface area contributed by atoms with Crippen LogP contribution in [0.3, 0.4) is 0 Å². The number of amides is 1. The molecule has 1 aliphatic heterocycles. The molecule has 0 fully saturated rings.